The highest BCUT2D eigenvalue weighted by atomic mass is 19.1. The number of aromatic carboxylic acids is 1. The highest BCUT2D eigenvalue weighted by Crippen LogP contribution is 2.13. The van der Waals surface area contributed by atoms with Crippen molar-refractivity contribution in [3.05, 3.63) is 82.4 Å². The first-order chi connectivity index (χ1) is 14.0. The monoisotopic (exact) mass is 398 g/mol. The predicted molar refractivity (Wildman–Crippen MR) is 105 cm³/mol. The first-order valence-corrected chi connectivity index (χ1v) is 9.32. The Hall–Kier alpha value is -3.10. The second-order valence-electron chi connectivity index (χ2n) is 6.64. The minimum atomic E-state index is -1.06. The molecule has 1 aromatic carbocycles. The van der Waals surface area contributed by atoms with Gasteiger partial charge in [0.05, 0.1) is 30.1 Å². The summed E-state index contributed by atoms with van der Waals surface area (Å²) in [5.74, 6) is -0.510. The van der Waals surface area contributed by atoms with E-state index in [-0.39, 0.29) is 18.0 Å². The standard InChI is InChI=1S/C21H23FN4O3/c1-2-19-10-24-20(26(19)12-14-3-5-16(22)6-4-14)11-23-9-17-7-15(21(28)29)8-18(13-27)25-17/h3-8,10,23,27H,2,9,11-13H2,1H3,(H,28,29). The van der Waals surface area contributed by atoms with Gasteiger partial charge in [-0.2, -0.15) is 0 Å². The van der Waals surface area contributed by atoms with Gasteiger partial charge in [0.1, 0.15) is 11.6 Å². The number of nitrogens with zero attached hydrogens (tertiary/aromatic N) is 3. The first-order valence-electron chi connectivity index (χ1n) is 9.32. The van der Waals surface area contributed by atoms with Gasteiger partial charge in [-0.1, -0.05) is 19.1 Å². The Morgan fingerprint density at radius 3 is 2.55 bits per heavy atom. The molecule has 0 saturated carbocycles. The van der Waals surface area contributed by atoms with Crippen molar-refractivity contribution in [1.29, 1.82) is 0 Å². The van der Waals surface area contributed by atoms with E-state index in [1.807, 2.05) is 13.1 Å². The van der Waals surface area contributed by atoms with Crippen molar-refractivity contribution in [1.82, 2.24) is 19.9 Å². The third-order valence-electron chi connectivity index (χ3n) is 4.57. The van der Waals surface area contributed by atoms with Crippen molar-refractivity contribution in [2.75, 3.05) is 0 Å². The van der Waals surface area contributed by atoms with Crippen LogP contribution in [0.3, 0.4) is 0 Å². The van der Waals surface area contributed by atoms with Gasteiger partial charge < -0.3 is 20.1 Å². The fraction of sp³-hybridized carbons (Fsp3) is 0.286. The van der Waals surface area contributed by atoms with Gasteiger partial charge in [-0.3, -0.25) is 4.98 Å². The smallest absolute Gasteiger partial charge is 0.335 e. The lowest BCUT2D eigenvalue weighted by Gasteiger charge is -2.12. The number of aliphatic hydroxyl groups is 1. The molecule has 0 aliphatic rings. The van der Waals surface area contributed by atoms with Crippen molar-refractivity contribution in [2.45, 2.75) is 39.6 Å². The molecule has 29 heavy (non-hydrogen) atoms. The molecule has 0 saturated heterocycles. The molecule has 0 aliphatic heterocycles. The van der Waals surface area contributed by atoms with E-state index in [0.717, 1.165) is 23.5 Å². The lowest BCUT2D eigenvalue weighted by molar-refractivity contribution is 0.0696. The Bertz CT molecular complexity index is 986. The van der Waals surface area contributed by atoms with Crippen molar-refractivity contribution >= 4 is 5.97 Å². The van der Waals surface area contributed by atoms with Crippen LogP contribution in [-0.4, -0.2) is 30.7 Å². The highest BCUT2D eigenvalue weighted by molar-refractivity contribution is 5.87. The lowest BCUT2D eigenvalue weighted by Crippen LogP contribution is -2.19. The van der Waals surface area contributed by atoms with Crippen molar-refractivity contribution in [3.8, 4) is 0 Å². The summed E-state index contributed by atoms with van der Waals surface area (Å²) in [6, 6.07) is 9.23. The van der Waals surface area contributed by atoms with Gasteiger partial charge in [-0.15, -0.1) is 0 Å². The van der Waals surface area contributed by atoms with E-state index >= 15 is 0 Å². The second kappa shape index (κ2) is 9.40. The van der Waals surface area contributed by atoms with Crippen LogP contribution in [0.2, 0.25) is 0 Å². The summed E-state index contributed by atoms with van der Waals surface area (Å²) in [5, 5.41) is 21.7. The third kappa shape index (κ3) is 5.24. The molecule has 0 atom stereocenters. The quantitative estimate of drug-likeness (QED) is 0.512. The Labute approximate surface area is 167 Å². The maximum Gasteiger partial charge on any atom is 0.335 e. The zero-order chi connectivity index (χ0) is 20.8. The maximum absolute atomic E-state index is 13.2. The molecule has 8 heteroatoms. The van der Waals surface area contributed by atoms with Crippen LogP contribution in [0.1, 0.15) is 45.8 Å². The summed E-state index contributed by atoms with van der Waals surface area (Å²) < 4.78 is 15.2. The number of hydrogen-bond acceptors (Lipinski definition) is 5. The van der Waals surface area contributed by atoms with E-state index in [0.29, 0.717) is 31.0 Å². The number of carbonyl (C=O) groups is 1. The maximum atomic E-state index is 13.2. The molecular weight excluding hydrogens is 375 g/mol. The molecule has 2 heterocycles. The van der Waals surface area contributed by atoms with Gasteiger partial charge in [-0.05, 0) is 36.2 Å². The van der Waals surface area contributed by atoms with E-state index in [4.69, 9.17) is 0 Å². The van der Waals surface area contributed by atoms with E-state index in [1.165, 1.54) is 24.3 Å². The van der Waals surface area contributed by atoms with Gasteiger partial charge in [0.15, 0.2) is 0 Å². The lowest BCUT2D eigenvalue weighted by atomic mass is 10.2. The summed E-state index contributed by atoms with van der Waals surface area (Å²) in [7, 11) is 0. The van der Waals surface area contributed by atoms with Crippen LogP contribution in [0.5, 0.6) is 0 Å². The van der Waals surface area contributed by atoms with Crippen molar-refractivity contribution < 1.29 is 19.4 Å². The van der Waals surface area contributed by atoms with Crippen molar-refractivity contribution in [3.63, 3.8) is 0 Å². The number of carboxylic acids is 1. The summed E-state index contributed by atoms with van der Waals surface area (Å²) in [5.41, 5.74) is 2.98. The minimum absolute atomic E-state index is 0.0897. The highest BCUT2D eigenvalue weighted by Gasteiger charge is 2.11. The summed E-state index contributed by atoms with van der Waals surface area (Å²) in [6.45, 7) is 3.10. The molecule has 7 nitrogen and oxygen atoms in total. The fourth-order valence-corrected chi connectivity index (χ4v) is 3.09. The Kier molecular flexibility index (Phi) is 6.69. The molecular formula is C21H23FN4O3. The van der Waals surface area contributed by atoms with Crippen LogP contribution in [0.25, 0.3) is 0 Å². The number of nitrogens with one attached hydrogen (secondary N) is 1. The predicted octanol–water partition coefficient (Wildman–Crippen LogP) is 2.51. The average Bonchev–Trinajstić information content (AvgIpc) is 3.11. The number of aryl methyl sites for hydroxylation is 1. The number of rotatable bonds is 9. The number of pyridine rings is 1. The molecule has 0 amide bonds. The first kappa shape index (κ1) is 20.6. The molecule has 2 aromatic heterocycles. The normalized spacial score (nSPS) is 11.0. The number of halogens is 1. The summed E-state index contributed by atoms with van der Waals surface area (Å²) >= 11 is 0. The molecule has 0 fully saturated rings. The van der Waals surface area contributed by atoms with Gasteiger partial charge in [0.2, 0.25) is 0 Å². The topological polar surface area (TPSA) is 100 Å². The van der Waals surface area contributed by atoms with Crippen LogP contribution in [0, 0.1) is 5.82 Å². The SMILES string of the molecule is CCc1cnc(CNCc2cc(C(=O)O)cc(CO)n2)n1Cc1ccc(F)cc1. The molecule has 152 valence electrons. The second-order valence-corrected chi connectivity index (χ2v) is 6.64. The van der Waals surface area contributed by atoms with Gasteiger partial charge >= 0.3 is 5.97 Å². The van der Waals surface area contributed by atoms with Crippen LogP contribution in [0.15, 0.2) is 42.6 Å². The molecule has 3 N–H and O–H groups in total. The molecule has 3 aromatic rings. The largest absolute Gasteiger partial charge is 0.478 e. The van der Waals surface area contributed by atoms with Crippen LogP contribution < -0.4 is 5.32 Å². The van der Waals surface area contributed by atoms with Gasteiger partial charge in [0, 0.05) is 25.0 Å². The van der Waals surface area contributed by atoms with Gasteiger partial charge in [-0.25, -0.2) is 14.2 Å². The molecule has 0 radical (unpaired) electrons. The molecule has 0 aliphatic carbocycles. The molecule has 0 bridgehead atoms. The number of aromatic nitrogens is 3. The third-order valence-corrected chi connectivity index (χ3v) is 4.57. The minimum Gasteiger partial charge on any atom is -0.478 e. The molecule has 3 rings (SSSR count). The van der Waals surface area contributed by atoms with Crippen LogP contribution in [0.4, 0.5) is 4.39 Å². The van der Waals surface area contributed by atoms with Crippen molar-refractivity contribution in [2.24, 2.45) is 0 Å². The van der Waals surface area contributed by atoms with E-state index in [1.54, 1.807) is 12.1 Å². The van der Waals surface area contributed by atoms with Crippen LogP contribution in [-0.2, 0) is 32.7 Å². The number of aliphatic hydroxyl groups excluding tert-OH is 1. The Morgan fingerprint density at radius 2 is 1.90 bits per heavy atom. The van der Waals surface area contributed by atoms with E-state index < -0.39 is 5.97 Å². The number of imidazole rings is 1. The van der Waals surface area contributed by atoms with Crippen LogP contribution >= 0.6 is 0 Å². The fourth-order valence-electron chi connectivity index (χ4n) is 3.09. The van der Waals surface area contributed by atoms with E-state index in [2.05, 4.69) is 19.9 Å². The summed E-state index contributed by atoms with van der Waals surface area (Å²) in [6.07, 6.45) is 2.64. The Balaban J connectivity index is 1.71. The van der Waals surface area contributed by atoms with Gasteiger partial charge in [0.25, 0.3) is 0 Å². The summed E-state index contributed by atoms with van der Waals surface area (Å²) in [4.78, 5) is 20.0. The number of benzene rings is 1. The van der Waals surface area contributed by atoms with E-state index in [9.17, 15) is 19.4 Å². The molecule has 0 spiro atoms. The average molecular weight is 398 g/mol. The zero-order valence-corrected chi connectivity index (χ0v) is 16.1. The number of carboxylic acid groups (broad SMARTS) is 1. The molecule has 0 unspecified atom stereocenters. The zero-order valence-electron chi connectivity index (χ0n) is 16.1. The number of hydrogen-bond donors (Lipinski definition) is 3. The Morgan fingerprint density at radius 1 is 1.17 bits per heavy atom.